The molecule has 0 aliphatic heterocycles. The molecule has 2 N–H and O–H groups in total. The molecule has 0 spiro atoms. The summed E-state index contributed by atoms with van der Waals surface area (Å²) in [5.74, 6) is 0.183. The highest BCUT2D eigenvalue weighted by Gasteiger charge is 2.25. The van der Waals surface area contributed by atoms with E-state index >= 15 is 0 Å². The first-order chi connectivity index (χ1) is 9.61. The first-order valence-electron chi connectivity index (χ1n) is 7.08. The van der Waals surface area contributed by atoms with E-state index in [1.807, 2.05) is 12.1 Å². The molecule has 1 atom stereocenters. The second kappa shape index (κ2) is 6.99. The molecule has 1 aromatic rings. The summed E-state index contributed by atoms with van der Waals surface area (Å²) in [6.45, 7) is -2.27. The molecule has 0 radical (unpaired) electrons. The summed E-state index contributed by atoms with van der Waals surface area (Å²) in [6.07, 6.45) is 4.96. The van der Waals surface area contributed by atoms with Gasteiger partial charge >= 0.3 is 6.61 Å². The molecule has 20 heavy (non-hydrogen) atoms. The molecule has 1 saturated carbocycles. The lowest BCUT2D eigenvalue weighted by molar-refractivity contribution is -0.0498. The fourth-order valence-electron chi connectivity index (χ4n) is 2.97. The Morgan fingerprint density at radius 1 is 1.25 bits per heavy atom. The molecule has 1 unspecified atom stereocenters. The van der Waals surface area contributed by atoms with E-state index in [0.29, 0.717) is 12.6 Å². The van der Waals surface area contributed by atoms with E-state index in [1.54, 1.807) is 12.1 Å². The van der Waals surface area contributed by atoms with Crippen LogP contribution in [0.15, 0.2) is 24.3 Å². The Kier molecular flexibility index (Phi) is 5.31. The number of hydrogen-bond donors (Lipinski definition) is 1. The zero-order valence-corrected chi connectivity index (χ0v) is 11.8. The molecule has 0 saturated heterocycles. The molecule has 0 heterocycles. The lowest BCUT2D eigenvalue weighted by Gasteiger charge is -2.32. The van der Waals surface area contributed by atoms with Crippen molar-refractivity contribution in [2.24, 2.45) is 5.73 Å². The Bertz CT molecular complexity index is 405. The van der Waals surface area contributed by atoms with Crippen LogP contribution in [0.25, 0.3) is 0 Å². The Hall–Kier alpha value is -1.20. The van der Waals surface area contributed by atoms with Crippen molar-refractivity contribution >= 4 is 0 Å². The van der Waals surface area contributed by atoms with Gasteiger partial charge in [-0.05, 0) is 37.6 Å². The minimum absolute atomic E-state index is 0.124. The van der Waals surface area contributed by atoms with E-state index in [2.05, 4.69) is 16.7 Å². The highest BCUT2D eigenvalue weighted by Crippen LogP contribution is 2.30. The van der Waals surface area contributed by atoms with E-state index in [1.165, 1.54) is 25.7 Å². The third kappa shape index (κ3) is 3.67. The number of benzene rings is 1. The van der Waals surface area contributed by atoms with E-state index in [0.717, 1.165) is 5.56 Å². The molecule has 112 valence electrons. The van der Waals surface area contributed by atoms with Crippen LogP contribution in [-0.4, -0.2) is 31.1 Å². The fourth-order valence-corrected chi connectivity index (χ4v) is 2.97. The third-order valence-electron chi connectivity index (χ3n) is 4.11. The van der Waals surface area contributed by atoms with Gasteiger partial charge in [0.25, 0.3) is 0 Å². The smallest absolute Gasteiger partial charge is 0.387 e. The van der Waals surface area contributed by atoms with Crippen molar-refractivity contribution in [1.29, 1.82) is 0 Å². The summed E-state index contributed by atoms with van der Waals surface area (Å²) < 4.78 is 28.6. The maximum atomic E-state index is 12.1. The summed E-state index contributed by atoms with van der Waals surface area (Å²) in [5, 5.41) is 0. The molecular weight excluding hydrogens is 262 g/mol. The number of alkyl halides is 2. The standard InChI is InChI=1S/C15H22F2N2O/c1-19(12-4-2-3-5-12)14(10-18)11-6-8-13(9-7-11)20-15(16)17/h6-9,12,14-15H,2-5,10,18H2,1H3. The Balaban J connectivity index is 2.06. The van der Waals surface area contributed by atoms with Crippen LogP contribution in [0, 0.1) is 0 Å². The van der Waals surface area contributed by atoms with Gasteiger partial charge in [0, 0.05) is 18.6 Å². The first kappa shape index (κ1) is 15.2. The van der Waals surface area contributed by atoms with Crippen LogP contribution in [0.2, 0.25) is 0 Å². The topological polar surface area (TPSA) is 38.5 Å². The summed E-state index contributed by atoms with van der Waals surface area (Å²) in [5.41, 5.74) is 6.94. The monoisotopic (exact) mass is 284 g/mol. The van der Waals surface area contributed by atoms with E-state index in [4.69, 9.17) is 5.73 Å². The number of hydrogen-bond acceptors (Lipinski definition) is 3. The van der Waals surface area contributed by atoms with Crippen LogP contribution in [0.3, 0.4) is 0 Å². The van der Waals surface area contributed by atoms with Crippen molar-refractivity contribution in [2.75, 3.05) is 13.6 Å². The molecular formula is C15H22F2N2O. The Morgan fingerprint density at radius 2 is 1.85 bits per heavy atom. The highest BCUT2D eigenvalue weighted by atomic mass is 19.3. The van der Waals surface area contributed by atoms with Crippen molar-refractivity contribution in [3.05, 3.63) is 29.8 Å². The van der Waals surface area contributed by atoms with Gasteiger partial charge in [0.2, 0.25) is 0 Å². The Labute approximate surface area is 118 Å². The van der Waals surface area contributed by atoms with Gasteiger partial charge in [-0.3, -0.25) is 4.90 Å². The predicted molar refractivity (Wildman–Crippen MR) is 74.9 cm³/mol. The van der Waals surface area contributed by atoms with Gasteiger partial charge in [-0.2, -0.15) is 8.78 Å². The molecule has 1 aliphatic carbocycles. The molecule has 0 amide bonds. The lowest BCUT2D eigenvalue weighted by Crippen LogP contribution is -2.37. The number of likely N-dealkylation sites (N-methyl/N-ethyl adjacent to an activating group) is 1. The minimum Gasteiger partial charge on any atom is -0.435 e. The van der Waals surface area contributed by atoms with Crippen molar-refractivity contribution in [1.82, 2.24) is 4.90 Å². The van der Waals surface area contributed by atoms with Crippen molar-refractivity contribution in [3.8, 4) is 5.75 Å². The van der Waals surface area contributed by atoms with Crippen LogP contribution >= 0.6 is 0 Å². The molecule has 5 heteroatoms. The van der Waals surface area contributed by atoms with Crippen LogP contribution in [-0.2, 0) is 0 Å². The maximum absolute atomic E-state index is 12.1. The van der Waals surface area contributed by atoms with Crippen molar-refractivity contribution < 1.29 is 13.5 Å². The van der Waals surface area contributed by atoms with Gasteiger partial charge in [0.05, 0.1) is 0 Å². The Morgan fingerprint density at radius 3 is 2.35 bits per heavy atom. The summed E-state index contributed by atoms with van der Waals surface area (Å²) in [6, 6.07) is 7.49. The number of nitrogens with two attached hydrogens (primary N) is 1. The summed E-state index contributed by atoms with van der Waals surface area (Å²) in [7, 11) is 2.09. The van der Waals surface area contributed by atoms with E-state index < -0.39 is 6.61 Å². The van der Waals surface area contributed by atoms with Gasteiger partial charge in [-0.15, -0.1) is 0 Å². The van der Waals surface area contributed by atoms with Gasteiger partial charge in [-0.1, -0.05) is 25.0 Å². The van der Waals surface area contributed by atoms with Gasteiger partial charge in [-0.25, -0.2) is 0 Å². The van der Waals surface area contributed by atoms with Gasteiger partial charge < -0.3 is 10.5 Å². The van der Waals surface area contributed by atoms with E-state index in [9.17, 15) is 8.78 Å². The zero-order chi connectivity index (χ0) is 14.5. The molecule has 2 rings (SSSR count). The van der Waals surface area contributed by atoms with Crippen molar-refractivity contribution in [3.63, 3.8) is 0 Å². The zero-order valence-electron chi connectivity index (χ0n) is 11.8. The van der Waals surface area contributed by atoms with Crippen LogP contribution in [0.4, 0.5) is 8.78 Å². The second-order valence-electron chi connectivity index (χ2n) is 5.30. The molecule has 1 aromatic carbocycles. The SMILES string of the molecule is CN(C1CCCC1)C(CN)c1ccc(OC(F)F)cc1. The van der Waals surface area contributed by atoms with Crippen LogP contribution in [0.5, 0.6) is 5.75 Å². The minimum atomic E-state index is -2.78. The average molecular weight is 284 g/mol. The number of halogens is 2. The summed E-state index contributed by atoms with van der Waals surface area (Å²) >= 11 is 0. The quantitative estimate of drug-likeness (QED) is 0.872. The molecule has 0 bridgehead atoms. The number of nitrogens with zero attached hydrogens (tertiary/aromatic N) is 1. The summed E-state index contributed by atoms with van der Waals surface area (Å²) in [4.78, 5) is 2.32. The van der Waals surface area contributed by atoms with Crippen LogP contribution in [0.1, 0.15) is 37.3 Å². The number of ether oxygens (including phenoxy) is 1. The van der Waals surface area contributed by atoms with E-state index in [-0.39, 0.29) is 11.8 Å². The second-order valence-corrected chi connectivity index (χ2v) is 5.30. The highest BCUT2D eigenvalue weighted by molar-refractivity contribution is 5.29. The molecule has 1 aliphatic rings. The predicted octanol–water partition coefficient (Wildman–Crippen LogP) is 3.16. The third-order valence-corrected chi connectivity index (χ3v) is 4.11. The van der Waals surface area contributed by atoms with Crippen molar-refractivity contribution in [2.45, 2.75) is 44.4 Å². The maximum Gasteiger partial charge on any atom is 0.387 e. The van der Waals surface area contributed by atoms with Gasteiger partial charge in [0.15, 0.2) is 0 Å². The molecule has 0 aromatic heterocycles. The molecule has 3 nitrogen and oxygen atoms in total. The van der Waals surface area contributed by atoms with Crippen LogP contribution < -0.4 is 10.5 Å². The normalized spacial score (nSPS) is 17.9. The van der Waals surface area contributed by atoms with Gasteiger partial charge in [0.1, 0.15) is 5.75 Å². The fraction of sp³-hybridized carbons (Fsp3) is 0.600. The molecule has 1 fully saturated rings. The first-order valence-corrected chi connectivity index (χ1v) is 7.08. The average Bonchev–Trinajstić information content (AvgIpc) is 2.94. The largest absolute Gasteiger partial charge is 0.435 e. The number of rotatable bonds is 6. The lowest BCUT2D eigenvalue weighted by atomic mass is 10.0.